The lowest BCUT2D eigenvalue weighted by molar-refractivity contribution is -0.133. The molecule has 2 aliphatic carbocycles. The average Bonchev–Trinajstić information content (AvgIpc) is 2.70. The molecule has 0 bridgehead atoms. The molecule has 1 aliphatic heterocycles. The standard InChI is InChI=1S/C25H36N4O3/c30-22(6-3-1-2-4-15-26-20-16-25(17-20)13-5-14-25)28-19-9-7-18(8-10-19)27-21-11-12-23(31)29-24(21)32/h7-10,20-21,26-27H,1-6,11-17H2,(H,28,30)(H,29,31,32). The van der Waals surface area contributed by atoms with E-state index in [0.29, 0.717) is 19.3 Å². The molecular formula is C25H36N4O3. The number of rotatable bonds is 11. The lowest BCUT2D eigenvalue weighted by Gasteiger charge is -2.54. The van der Waals surface area contributed by atoms with Crippen LogP contribution in [0.4, 0.5) is 11.4 Å². The van der Waals surface area contributed by atoms with Crippen LogP contribution in [0.3, 0.4) is 0 Å². The molecule has 1 heterocycles. The molecule has 0 aromatic heterocycles. The number of imide groups is 1. The summed E-state index contributed by atoms with van der Waals surface area (Å²) in [5.74, 6) is -0.480. The van der Waals surface area contributed by atoms with Gasteiger partial charge in [-0.25, -0.2) is 0 Å². The van der Waals surface area contributed by atoms with E-state index in [-0.39, 0.29) is 17.7 Å². The normalized spacial score (nSPS) is 22.1. The lowest BCUT2D eigenvalue weighted by atomic mass is 9.54. The number of hydrogen-bond donors (Lipinski definition) is 4. The summed E-state index contributed by atoms with van der Waals surface area (Å²) in [5, 5.41) is 12.1. The molecule has 4 rings (SSSR count). The molecule has 1 aromatic rings. The molecule has 2 saturated carbocycles. The number of carbonyl (C=O) groups is 3. The van der Waals surface area contributed by atoms with E-state index in [2.05, 4.69) is 21.3 Å². The van der Waals surface area contributed by atoms with Gasteiger partial charge in [-0.15, -0.1) is 0 Å². The Hall–Kier alpha value is -2.41. The molecule has 32 heavy (non-hydrogen) atoms. The average molecular weight is 441 g/mol. The van der Waals surface area contributed by atoms with Crippen molar-refractivity contribution in [3.05, 3.63) is 24.3 Å². The Balaban J connectivity index is 1.04. The fourth-order valence-electron chi connectivity index (χ4n) is 5.19. The molecule has 1 saturated heterocycles. The molecule has 3 aliphatic rings. The molecule has 3 fully saturated rings. The second-order valence-corrected chi connectivity index (χ2v) is 9.85. The monoisotopic (exact) mass is 440 g/mol. The topological polar surface area (TPSA) is 99.3 Å². The third-order valence-electron chi connectivity index (χ3n) is 7.29. The van der Waals surface area contributed by atoms with Gasteiger partial charge in [0.1, 0.15) is 6.04 Å². The summed E-state index contributed by atoms with van der Waals surface area (Å²) in [6, 6.07) is 7.67. The fraction of sp³-hybridized carbons (Fsp3) is 0.640. The second kappa shape index (κ2) is 10.5. The van der Waals surface area contributed by atoms with Gasteiger partial charge >= 0.3 is 0 Å². The van der Waals surface area contributed by atoms with Crippen LogP contribution in [0.15, 0.2) is 24.3 Å². The van der Waals surface area contributed by atoms with Crippen LogP contribution < -0.4 is 21.3 Å². The highest BCUT2D eigenvalue weighted by molar-refractivity contribution is 6.01. The zero-order valence-corrected chi connectivity index (χ0v) is 18.9. The highest BCUT2D eigenvalue weighted by Crippen LogP contribution is 2.55. The molecule has 1 unspecified atom stereocenters. The number of benzene rings is 1. The van der Waals surface area contributed by atoms with E-state index < -0.39 is 6.04 Å². The number of carbonyl (C=O) groups excluding carboxylic acids is 3. The van der Waals surface area contributed by atoms with E-state index in [9.17, 15) is 14.4 Å². The fourth-order valence-corrected chi connectivity index (χ4v) is 5.19. The van der Waals surface area contributed by atoms with Crippen molar-refractivity contribution >= 4 is 29.1 Å². The number of hydrogen-bond acceptors (Lipinski definition) is 5. The minimum atomic E-state index is -0.406. The molecule has 3 amide bonds. The van der Waals surface area contributed by atoms with E-state index in [4.69, 9.17) is 0 Å². The van der Waals surface area contributed by atoms with Crippen LogP contribution in [-0.2, 0) is 14.4 Å². The van der Waals surface area contributed by atoms with Crippen LogP contribution in [-0.4, -0.2) is 36.3 Å². The first kappa shape index (κ1) is 22.8. The largest absolute Gasteiger partial charge is 0.374 e. The van der Waals surface area contributed by atoms with Crippen LogP contribution in [0.25, 0.3) is 0 Å². The van der Waals surface area contributed by atoms with Gasteiger partial charge in [-0.1, -0.05) is 19.3 Å². The molecule has 1 spiro atoms. The van der Waals surface area contributed by atoms with Crippen molar-refractivity contribution in [1.29, 1.82) is 0 Å². The minimum Gasteiger partial charge on any atom is -0.374 e. The first-order chi connectivity index (χ1) is 15.5. The smallest absolute Gasteiger partial charge is 0.249 e. The predicted molar refractivity (Wildman–Crippen MR) is 125 cm³/mol. The van der Waals surface area contributed by atoms with Crippen molar-refractivity contribution < 1.29 is 14.4 Å². The van der Waals surface area contributed by atoms with Crippen molar-refractivity contribution in [3.8, 4) is 0 Å². The molecule has 0 radical (unpaired) electrons. The molecule has 7 heteroatoms. The summed E-state index contributed by atoms with van der Waals surface area (Å²) in [6.45, 7) is 1.10. The van der Waals surface area contributed by atoms with Gasteiger partial charge in [-0.2, -0.15) is 0 Å². The summed E-state index contributed by atoms with van der Waals surface area (Å²) in [7, 11) is 0. The zero-order chi connectivity index (χ0) is 22.4. The Labute approximate surface area is 190 Å². The Bertz CT molecular complexity index is 811. The number of anilines is 2. The maximum absolute atomic E-state index is 12.2. The lowest BCUT2D eigenvalue weighted by Crippen LogP contribution is -2.52. The van der Waals surface area contributed by atoms with Gasteiger partial charge in [-0.05, 0) is 81.2 Å². The number of unbranched alkanes of at least 4 members (excludes halogenated alkanes) is 3. The Morgan fingerprint density at radius 2 is 1.72 bits per heavy atom. The van der Waals surface area contributed by atoms with E-state index in [0.717, 1.165) is 42.2 Å². The summed E-state index contributed by atoms with van der Waals surface area (Å²) in [4.78, 5) is 35.2. The molecule has 1 aromatic carbocycles. The summed E-state index contributed by atoms with van der Waals surface area (Å²) in [6.07, 6.45) is 12.8. The Kier molecular flexibility index (Phi) is 7.45. The maximum atomic E-state index is 12.2. The molecule has 7 nitrogen and oxygen atoms in total. The van der Waals surface area contributed by atoms with Gasteiger partial charge in [0.15, 0.2) is 0 Å². The SMILES string of the molecule is O=C1CCC(Nc2ccc(NC(=O)CCCCCCNC3CC4(CCC4)C3)cc2)C(=O)N1. The first-order valence-corrected chi connectivity index (χ1v) is 12.2. The van der Waals surface area contributed by atoms with E-state index in [1.165, 1.54) is 44.9 Å². The van der Waals surface area contributed by atoms with Crippen molar-refractivity contribution in [1.82, 2.24) is 10.6 Å². The molecule has 1 atom stereocenters. The third-order valence-corrected chi connectivity index (χ3v) is 7.29. The van der Waals surface area contributed by atoms with E-state index in [1.54, 1.807) is 0 Å². The summed E-state index contributed by atoms with van der Waals surface area (Å²) in [5.41, 5.74) is 2.28. The maximum Gasteiger partial charge on any atom is 0.249 e. The number of nitrogens with one attached hydrogen (secondary N) is 4. The molecule has 174 valence electrons. The quantitative estimate of drug-likeness (QED) is 0.311. The van der Waals surface area contributed by atoms with E-state index in [1.807, 2.05) is 24.3 Å². The highest BCUT2D eigenvalue weighted by Gasteiger charge is 2.47. The zero-order valence-electron chi connectivity index (χ0n) is 18.9. The van der Waals surface area contributed by atoms with Crippen LogP contribution in [0.2, 0.25) is 0 Å². The number of piperidine rings is 1. The minimum absolute atomic E-state index is 0.0364. The van der Waals surface area contributed by atoms with Gasteiger partial charge in [0.25, 0.3) is 0 Å². The van der Waals surface area contributed by atoms with Gasteiger partial charge < -0.3 is 16.0 Å². The number of amides is 3. The van der Waals surface area contributed by atoms with Crippen molar-refractivity contribution in [2.45, 2.75) is 89.1 Å². The predicted octanol–water partition coefficient (Wildman–Crippen LogP) is 3.72. The van der Waals surface area contributed by atoms with Crippen molar-refractivity contribution in [2.75, 3.05) is 17.2 Å². The van der Waals surface area contributed by atoms with E-state index >= 15 is 0 Å². The molecule has 4 N–H and O–H groups in total. The first-order valence-electron chi connectivity index (χ1n) is 12.2. The summed E-state index contributed by atoms with van der Waals surface area (Å²) < 4.78 is 0. The van der Waals surface area contributed by atoms with Crippen LogP contribution >= 0.6 is 0 Å². The van der Waals surface area contributed by atoms with Crippen molar-refractivity contribution in [2.24, 2.45) is 5.41 Å². The highest BCUT2D eigenvalue weighted by atomic mass is 16.2. The second-order valence-electron chi connectivity index (χ2n) is 9.85. The van der Waals surface area contributed by atoms with Crippen LogP contribution in [0.1, 0.15) is 77.0 Å². The third kappa shape index (κ3) is 6.09. The van der Waals surface area contributed by atoms with Crippen LogP contribution in [0, 0.1) is 5.41 Å². The molecular weight excluding hydrogens is 404 g/mol. The van der Waals surface area contributed by atoms with Gasteiger partial charge in [-0.3, -0.25) is 19.7 Å². The van der Waals surface area contributed by atoms with Crippen molar-refractivity contribution in [3.63, 3.8) is 0 Å². The van der Waals surface area contributed by atoms with Crippen LogP contribution in [0.5, 0.6) is 0 Å². The van der Waals surface area contributed by atoms with Gasteiger partial charge in [0.05, 0.1) is 0 Å². The summed E-state index contributed by atoms with van der Waals surface area (Å²) >= 11 is 0. The van der Waals surface area contributed by atoms with Gasteiger partial charge in [0, 0.05) is 30.3 Å². The Morgan fingerprint density at radius 1 is 1.00 bits per heavy atom. The Morgan fingerprint density at radius 3 is 2.41 bits per heavy atom. The van der Waals surface area contributed by atoms with Gasteiger partial charge in [0.2, 0.25) is 17.7 Å².